The van der Waals surface area contributed by atoms with Crippen molar-refractivity contribution >= 4 is 0 Å². The maximum Gasteiger partial charge on any atom is 0.173 e. The molecule has 1 aliphatic heterocycles. The number of ether oxygens (including phenoxy) is 2. The minimum Gasteiger partial charge on any atom is -0.349 e. The molecule has 0 radical (unpaired) electrons. The Morgan fingerprint density at radius 2 is 1.04 bits per heavy atom. The van der Waals surface area contributed by atoms with Gasteiger partial charge in [-0.15, -0.1) is 0 Å². The third-order valence-electron chi connectivity index (χ3n) is 8.12. The van der Waals surface area contributed by atoms with Crippen LogP contribution in [0.25, 0.3) is 0 Å². The maximum absolute atomic E-state index is 6.82. The van der Waals surface area contributed by atoms with Gasteiger partial charge in [-0.3, -0.25) is 0 Å². The lowest BCUT2D eigenvalue weighted by molar-refractivity contribution is -0.344. The monoisotopic (exact) mass is 348 g/mol. The molecular weight excluding hydrogens is 308 g/mol. The van der Waals surface area contributed by atoms with Crippen molar-refractivity contribution in [2.45, 2.75) is 103 Å². The summed E-state index contributed by atoms with van der Waals surface area (Å²) in [5, 5.41) is 0. The van der Waals surface area contributed by atoms with Crippen LogP contribution in [0.3, 0.4) is 0 Å². The van der Waals surface area contributed by atoms with E-state index in [2.05, 4.69) is 6.92 Å². The molecule has 0 unspecified atom stereocenters. The minimum absolute atomic E-state index is 0.209. The molecule has 1 heterocycles. The van der Waals surface area contributed by atoms with Crippen LogP contribution in [0.1, 0.15) is 96.8 Å². The SMILES string of the molecule is CC1CCC(C2COC(C3CCCCC3)(C3CCCCC3)OC2)CC1. The first-order valence-electron chi connectivity index (χ1n) is 11.6. The zero-order chi connectivity index (χ0) is 17.1. The first kappa shape index (κ1) is 18.3. The van der Waals surface area contributed by atoms with E-state index >= 15 is 0 Å². The molecule has 0 amide bonds. The second kappa shape index (κ2) is 8.30. The van der Waals surface area contributed by atoms with Gasteiger partial charge in [-0.1, -0.05) is 58.3 Å². The molecule has 0 bridgehead atoms. The van der Waals surface area contributed by atoms with Crippen molar-refractivity contribution in [3.63, 3.8) is 0 Å². The highest BCUT2D eigenvalue weighted by Gasteiger charge is 2.51. The Morgan fingerprint density at radius 1 is 0.560 bits per heavy atom. The predicted molar refractivity (Wildman–Crippen MR) is 102 cm³/mol. The first-order chi connectivity index (χ1) is 12.3. The smallest absolute Gasteiger partial charge is 0.173 e. The molecule has 0 aromatic carbocycles. The van der Waals surface area contributed by atoms with Crippen molar-refractivity contribution in [1.29, 1.82) is 0 Å². The summed E-state index contributed by atoms with van der Waals surface area (Å²) in [6, 6.07) is 0. The second-order valence-electron chi connectivity index (χ2n) is 9.79. The van der Waals surface area contributed by atoms with Crippen LogP contribution in [0.15, 0.2) is 0 Å². The van der Waals surface area contributed by atoms with Crippen molar-refractivity contribution in [2.75, 3.05) is 13.2 Å². The highest BCUT2D eigenvalue weighted by molar-refractivity contribution is 4.93. The number of hydrogen-bond acceptors (Lipinski definition) is 2. The summed E-state index contributed by atoms with van der Waals surface area (Å²) in [5.74, 6) is 3.57. The van der Waals surface area contributed by atoms with E-state index in [0.717, 1.165) is 25.0 Å². The quantitative estimate of drug-likeness (QED) is 0.593. The lowest BCUT2D eigenvalue weighted by Crippen LogP contribution is -2.56. The van der Waals surface area contributed by atoms with E-state index in [4.69, 9.17) is 9.47 Å². The lowest BCUT2D eigenvalue weighted by atomic mass is 9.71. The van der Waals surface area contributed by atoms with Crippen LogP contribution < -0.4 is 0 Å². The standard InChI is InChI=1S/C23H40O2/c1-18-12-14-19(15-13-18)20-16-24-23(25-17-20,21-8-4-2-5-9-21)22-10-6-3-7-11-22/h18-22H,2-17H2,1H3. The van der Waals surface area contributed by atoms with Crippen molar-refractivity contribution in [1.82, 2.24) is 0 Å². The largest absolute Gasteiger partial charge is 0.349 e. The maximum atomic E-state index is 6.82. The summed E-state index contributed by atoms with van der Waals surface area (Å²) in [7, 11) is 0. The molecule has 2 heteroatoms. The molecule has 1 saturated heterocycles. The van der Waals surface area contributed by atoms with Crippen molar-refractivity contribution < 1.29 is 9.47 Å². The third kappa shape index (κ3) is 3.95. The molecule has 4 fully saturated rings. The molecule has 2 nitrogen and oxygen atoms in total. The van der Waals surface area contributed by atoms with E-state index in [-0.39, 0.29) is 5.79 Å². The first-order valence-corrected chi connectivity index (χ1v) is 11.6. The molecule has 25 heavy (non-hydrogen) atoms. The zero-order valence-electron chi connectivity index (χ0n) is 16.5. The molecule has 0 aromatic heterocycles. The minimum atomic E-state index is -0.209. The van der Waals surface area contributed by atoms with Crippen molar-refractivity contribution in [2.24, 2.45) is 29.6 Å². The topological polar surface area (TPSA) is 18.5 Å². The summed E-state index contributed by atoms with van der Waals surface area (Å²) in [5.41, 5.74) is 0. The van der Waals surface area contributed by atoms with Crippen molar-refractivity contribution in [3.8, 4) is 0 Å². The Hall–Kier alpha value is -0.0800. The molecule has 3 aliphatic carbocycles. The lowest BCUT2D eigenvalue weighted by Gasteiger charge is -2.52. The van der Waals surface area contributed by atoms with E-state index in [0.29, 0.717) is 17.8 Å². The molecule has 0 N–H and O–H groups in total. The van der Waals surface area contributed by atoms with Gasteiger partial charge in [0, 0.05) is 17.8 Å². The van der Waals surface area contributed by atoms with Crippen LogP contribution in [0.4, 0.5) is 0 Å². The van der Waals surface area contributed by atoms with Crippen LogP contribution in [0.5, 0.6) is 0 Å². The summed E-state index contributed by atoms with van der Waals surface area (Å²) in [4.78, 5) is 0. The van der Waals surface area contributed by atoms with Crippen LogP contribution in [0, 0.1) is 29.6 Å². The van der Waals surface area contributed by atoms with Gasteiger partial charge in [0.15, 0.2) is 5.79 Å². The Balaban J connectivity index is 1.43. The van der Waals surface area contributed by atoms with Gasteiger partial charge in [0.2, 0.25) is 0 Å². The van der Waals surface area contributed by atoms with Crippen LogP contribution in [-0.4, -0.2) is 19.0 Å². The molecule has 0 atom stereocenters. The van der Waals surface area contributed by atoms with E-state index in [1.807, 2.05) is 0 Å². The Bertz CT molecular complexity index is 372. The van der Waals surface area contributed by atoms with Gasteiger partial charge in [-0.05, 0) is 50.4 Å². The zero-order valence-corrected chi connectivity index (χ0v) is 16.5. The number of hydrogen-bond donors (Lipinski definition) is 0. The van der Waals surface area contributed by atoms with Gasteiger partial charge in [0.25, 0.3) is 0 Å². The van der Waals surface area contributed by atoms with Gasteiger partial charge >= 0.3 is 0 Å². The summed E-state index contributed by atoms with van der Waals surface area (Å²) in [6.45, 7) is 4.37. The van der Waals surface area contributed by atoms with E-state index in [9.17, 15) is 0 Å². The molecule has 144 valence electrons. The van der Waals surface area contributed by atoms with E-state index < -0.39 is 0 Å². The highest BCUT2D eigenvalue weighted by Crippen LogP contribution is 2.49. The Kier molecular flexibility index (Phi) is 6.07. The summed E-state index contributed by atoms with van der Waals surface area (Å²) >= 11 is 0. The van der Waals surface area contributed by atoms with Crippen LogP contribution >= 0.6 is 0 Å². The fourth-order valence-corrected chi connectivity index (χ4v) is 6.41. The summed E-state index contributed by atoms with van der Waals surface area (Å²) < 4.78 is 13.6. The number of rotatable bonds is 3. The van der Waals surface area contributed by atoms with Gasteiger partial charge in [-0.25, -0.2) is 0 Å². The fraction of sp³-hybridized carbons (Fsp3) is 1.00. The second-order valence-corrected chi connectivity index (χ2v) is 9.79. The normalized spacial score (nSPS) is 36.4. The van der Waals surface area contributed by atoms with E-state index in [1.54, 1.807) is 0 Å². The molecule has 4 aliphatic rings. The average molecular weight is 349 g/mol. The Labute approximate surface area is 155 Å². The van der Waals surface area contributed by atoms with Gasteiger partial charge in [0.05, 0.1) is 13.2 Å². The molecule has 3 saturated carbocycles. The summed E-state index contributed by atoms with van der Waals surface area (Å²) in [6.07, 6.45) is 19.3. The Morgan fingerprint density at radius 3 is 1.52 bits per heavy atom. The van der Waals surface area contributed by atoms with Gasteiger partial charge < -0.3 is 9.47 Å². The van der Waals surface area contributed by atoms with Crippen LogP contribution in [0.2, 0.25) is 0 Å². The van der Waals surface area contributed by atoms with Crippen molar-refractivity contribution in [3.05, 3.63) is 0 Å². The van der Waals surface area contributed by atoms with E-state index in [1.165, 1.54) is 89.9 Å². The highest BCUT2D eigenvalue weighted by atomic mass is 16.7. The average Bonchev–Trinajstić information content (AvgIpc) is 2.70. The third-order valence-corrected chi connectivity index (χ3v) is 8.12. The predicted octanol–water partition coefficient (Wildman–Crippen LogP) is 6.33. The molecular formula is C23H40O2. The fourth-order valence-electron chi connectivity index (χ4n) is 6.41. The van der Waals surface area contributed by atoms with Gasteiger partial charge in [-0.2, -0.15) is 0 Å². The molecule has 4 rings (SSSR count). The van der Waals surface area contributed by atoms with Gasteiger partial charge in [0.1, 0.15) is 0 Å². The van der Waals surface area contributed by atoms with Crippen LogP contribution in [-0.2, 0) is 9.47 Å². The molecule has 0 aromatic rings. The molecule has 0 spiro atoms.